The monoisotopic (exact) mass is 159 g/mol. The lowest BCUT2D eigenvalue weighted by Gasteiger charge is -1.94. The second-order valence-corrected chi connectivity index (χ2v) is 2.73. The Labute approximate surface area is 69.4 Å². The molecule has 0 atom stereocenters. The van der Waals surface area contributed by atoms with Crippen molar-refractivity contribution in [1.82, 2.24) is 0 Å². The summed E-state index contributed by atoms with van der Waals surface area (Å²) >= 11 is 0. The van der Waals surface area contributed by atoms with Gasteiger partial charge in [0.25, 0.3) is 0 Å². The van der Waals surface area contributed by atoms with E-state index in [1.54, 1.807) is 6.07 Å². The number of rotatable bonds is 0. The molecule has 1 heterocycles. The molecule has 0 unspecified atom stereocenters. The first-order valence-corrected chi connectivity index (χ1v) is 3.68. The maximum atomic E-state index is 11.2. The summed E-state index contributed by atoms with van der Waals surface area (Å²) in [7, 11) is 0. The molecule has 2 aromatic rings. The van der Waals surface area contributed by atoms with Crippen LogP contribution >= 0.6 is 0 Å². The lowest BCUT2D eigenvalue weighted by atomic mass is 10.1. The number of hydrogen-bond acceptors (Lipinski definition) is 2. The van der Waals surface area contributed by atoms with Gasteiger partial charge >= 0.3 is 0 Å². The number of hydrogen-bond donors (Lipinski definition) is 0. The van der Waals surface area contributed by atoms with E-state index >= 15 is 0 Å². The molecule has 59 valence electrons. The highest BCUT2D eigenvalue weighted by molar-refractivity contribution is 5.76. The van der Waals surface area contributed by atoms with Crippen molar-refractivity contribution < 1.29 is 4.42 Å². The van der Waals surface area contributed by atoms with Crippen molar-refractivity contribution in [3.05, 3.63) is 46.3 Å². The third-order valence-corrected chi connectivity index (χ3v) is 1.76. The minimum atomic E-state index is -0.0417. The minimum absolute atomic E-state index is 0.0417. The van der Waals surface area contributed by atoms with Gasteiger partial charge in [0.15, 0.2) is 11.7 Å². The van der Waals surface area contributed by atoms with Gasteiger partial charge in [-0.1, -0.05) is 11.6 Å². The average Bonchev–Trinajstić information content (AvgIpc) is 2.07. The fraction of sp³-hybridized carbons (Fsp3) is 0.100. The van der Waals surface area contributed by atoms with E-state index in [4.69, 9.17) is 4.42 Å². The lowest BCUT2D eigenvalue weighted by molar-refractivity contribution is 0.592. The van der Waals surface area contributed by atoms with E-state index in [9.17, 15) is 4.79 Å². The smallest absolute Gasteiger partial charge is 0.193 e. The Morgan fingerprint density at radius 3 is 3.08 bits per heavy atom. The maximum absolute atomic E-state index is 11.2. The third kappa shape index (κ3) is 1.01. The Balaban J connectivity index is 2.98. The summed E-state index contributed by atoms with van der Waals surface area (Å²) in [5.74, 6) is 0. The summed E-state index contributed by atoms with van der Waals surface area (Å²) < 4.78 is 5.02. The normalized spacial score (nSPS) is 10.4. The Morgan fingerprint density at radius 1 is 1.42 bits per heavy atom. The molecule has 0 amide bonds. The van der Waals surface area contributed by atoms with Gasteiger partial charge in [-0.25, -0.2) is 0 Å². The van der Waals surface area contributed by atoms with Crippen LogP contribution in [0.3, 0.4) is 0 Å². The Bertz CT molecular complexity index is 468. The van der Waals surface area contributed by atoms with E-state index < -0.39 is 0 Å². The lowest BCUT2D eigenvalue weighted by Crippen LogP contribution is -1.97. The van der Waals surface area contributed by atoms with Crippen molar-refractivity contribution in [2.75, 3.05) is 0 Å². The molecule has 0 N–H and O–H groups in total. The van der Waals surface area contributed by atoms with Crippen LogP contribution < -0.4 is 5.43 Å². The number of benzene rings is 1. The molecule has 2 nitrogen and oxygen atoms in total. The highest BCUT2D eigenvalue weighted by atomic mass is 16.3. The third-order valence-electron chi connectivity index (χ3n) is 1.76. The first-order valence-electron chi connectivity index (χ1n) is 3.68. The van der Waals surface area contributed by atoms with Crippen molar-refractivity contribution in [2.45, 2.75) is 6.92 Å². The van der Waals surface area contributed by atoms with Crippen LogP contribution in [0.4, 0.5) is 0 Å². The zero-order valence-electron chi connectivity index (χ0n) is 6.63. The second kappa shape index (κ2) is 2.48. The van der Waals surface area contributed by atoms with Crippen LogP contribution in [-0.4, -0.2) is 0 Å². The molecular formula is C10H7O2. The highest BCUT2D eigenvalue weighted by Gasteiger charge is 1.98. The fourth-order valence-corrected chi connectivity index (χ4v) is 1.15. The Kier molecular flexibility index (Phi) is 1.47. The van der Waals surface area contributed by atoms with Crippen molar-refractivity contribution in [3.8, 4) is 0 Å². The van der Waals surface area contributed by atoms with Gasteiger partial charge in [-0.3, -0.25) is 4.79 Å². The van der Waals surface area contributed by atoms with Crippen molar-refractivity contribution in [1.29, 1.82) is 0 Å². The van der Waals surface area contributed by atoms with E-state index in [2.05, 4.69) is 6.26 Å². The first kappa shape index (κ1) is 7.10. The largest absolute Gasteiger partial charge is 0.453 e. The molecule has 2 heteroatoms. The van der Waals surface area contributed by atoms with E-state index in [0.29, 0.717) is 11.0 Å². The SMILES string of the molecule is Cc1ccc2o[c]cc(=O)c2c1. The molecule has 12 heavy (non-hydrogen) atoms. The summed E-state index contributed by atoms with van der Waals surface area (Å²) in [4.78, 5) is 11.2. The Hall–Kier alpha value is -1.57. The van der Waals surface area contributed by atoms with E-state index in [1.807, 2.05) is 19.1 Å². The first-order chi connectivity index (χ1) is 5.77. The van der Waals surface area contributed by atoms with Crippen LogP contribution in [0.2, 0.25) is 0 Å². The van der Waals surface area contributed by atoms with E-state index in [-0.39, 0.29) is 5.43 Å². The predicted octanol–water partition coefficient (Wildman–Crippen LogP) is 1.90. The molecule has 0 spiro atoms. The van der Waals surface area contributed by atoms with Gasteiger partial charge in [-0.2, -0.15) is 0 Å². The molecule has 1 radical (unpaired) electrons. The van der Waals surface area contributed by atoms with E-state index in [0.717, 1.165) is 5.56 Å². The molecule has 0 saturated heterocycles. The zero-order chi connectivity index (χ0) is 8.55. The van der Waals surface area contributed by atoms with Gasteiger partial charge in [0.05, 0.1) is 5.39 Å². The molecule has 0 aliphatic rings. The molecule has 0 saturated carbocycles. The summed E-state index contributed by atoms with van der Waals surface area (Å²) in [6, 6.07) is 6.80. The van der Waals surface area contributed by atoms with Gasteiger partial charge in [0.2, 0.25) is 0 Å². The molecule has 0 aliphatic carbocycles. The van der Waals surface area contributed by atoms with Crippen LogP contribution in [-0.2, 0) is 0 Å². The average molecular weight is 159 g/mol. The van der Waals surface area contributed by atoms with Crippen LogP contribution in [0.25, 0.3) is 11.0 Å². The standard InChI is InChI=1S/C10H7O2/c1-7-2-3-10-8(6-7)9(11)4-5-12-10/h2-4,6H,1H3. The number of aryl methyl sites for hydroxylation is 1. The molecule has 2 rings (SSSR count). The second-order valence-electron chi connectivity index (χ2n) is 2.73. The molecule has 1 aromatic heterocycles. The van der Waals surface area contributed by atoms with Crippen LogP contribution in [0.5, 0.6) is 0 Å². The molecule has 1 aromatic carbocycles. The quantitative estimate of drug-likeness (QED) is 0.587. The highest BCUT2D eigenvalue weighted by Crippen LogP contribution is 2.10. The van der Waals surface area contributed by atoms with Crippen LogP contribution in [0, 0.1) is 13.2 Å². The van der Waals surface area contributed by atoms with Crippen molar-refractivity contribution >= 4 is 11.0 Å². The van der Waals surface area contributed by atoms with Crippen molar-refractivity contribution in [3.63, 3.8) is 0 Å². The van der Waals surface area contributed by atoms with E-state index in [1.165, 1.54) is 6.07 Å². The molecule has 0 bridgehead atoms. The van der Waals surface area contributed by atoms with Crippen LogP contribution in [0.15, 0.2) is 33.5 Å². The molecule has 0 aliphatic heterocycles. The Morgan fingerprint density at radius 2 is 2.25 bits per heavy atom. The minimum Gasteiger partial charge on any atom is -0.453 e. The topological polar surface area (TPSA) is 30.2 Å². The predicted molar refractivity (Wildman–Crippen MR) is 46.1 cm³/mol. The zero-order valence-corrected chi connectivity index (χ0v) is 6.63. The molecule has 0 fully saturated rings. The van der Waals surface area contributed by atoms with Gasteiger partial charge in [-0.15, -0.1) is 0 Å². The number of fused-ring (bicyclic) bond motifs is 1. The summed E-state index contributed by atoms with van der Waals surface area (Å²) in [5, 5.41) is 0.619. The van der Waals surface area contributed by atoms with Gasteiger partial charge < -0.3 is 4.42 Å². The van der Waals surface area contributed by atoms with Gasteiger partial charge in [-0.05, 0) is 19.1 Å². The van der Waals surface area contributed by atoms with Gasteiger partial charge in [0, 0.05) is 6.07 Å². The summed E-state index contributed by atoms with van der Waals surface area (Å²) in [6.07, 6.45) is 2.44. The summed E-state index contributed by atoms with van der Waals surface area (Å²) in [6.45, 7) is 1.94. The molecular weight excluding hydrogens is 152 g/mol. The summed E-state index contributed by atoms with van der Waals surface area (Å²) in [5.41, 5.74) is 1.61. The van der Waals surface area contributed by atoms with Gasteiger partial charge in [0.1, 0.15) is 5.58 Å². The van der Waals surface area contributed by atoms with Crippen LogP contribution in [0.1, 0.15) is 5.56 Å². The fourth-order valence-electron chi connectivity index (χ4n) is 1.15. The maximum Gasteiger partial charge on any atom is 0.193 e. The van der Waals surface area contributed by atoms with Crippen molar-refractivity contribution in [2.24, 2.45) is 0 Å².